The Morgan fingerprint density at radius 3 is 2.12 bits per heavy atom. The molecule has 0 saturated heterocycles. The zero-order valence-electron chi connectivity index (χ0n) is 14.2. The van der Waals surface area contributed by atoms with Crippen LogP contribution in [0.2, 0.25) is 0 Å². The van der Waals surface area contributed by atoms with Crippen LogP contribution < -0.4 is 10.6 Å². The van der Waals surface area contributed by atoms with E-state index < -0.39 is 5.97 Å². The van der Waals surface area contributed by atoms with E-state index in [1.165, 1.54) is 0 Å². The molecule has 0 aliphatic rings. The maximum atomic E-state index is 12.4. The number of ether oxygens (including phenoxy) is 1. The molecule has 25 heavy (non-hydrogen) atoms. The molecule has 6 nitrogen and oxygen atoms in total. The third kappa shape index (κ3) is 5.17. The van der Waals surface area contributed by atoms with Gasteiger partial charge in [-0.25, -0.2) is 4.79 Å². The molecule has 2 amide bonds. The van der Waals surface area contributed by atoms with Crippen LogP contribution in [0.25, 0.3) is 0 Å². The van der Waals surface area contributed by atoms with Crippen LogP contribution in [-0.2, 0) is 9.53 Å². The minimum Gasteiger partial charge on any atom is -0.462 e. The highest BCUT2D eigenvalue weighted by Crippen LogP contribution is 2.16. The van der Waals surface area contributed by atoms with Gasteiger partial charge < -0.3 is 15.4 Å². The smallest absolute Gasteiger partial charge is 0.338 e. The first-order valence-electron chi connectivity index (χ1n) is 8.02. The Hall–Kier alpha value is -3.15. The Bertz CT molecular complexity index is 786. The molecule has 2 rings (SSSR count). The minimum absolute atomic E-state index is 0.125. The average molecular weight is 340 g/mol. The zero-order chi connectivity index (χ0) is 18.2. The molecule has 0 aliphatic heterocycles. The normalized spacial score (nSPS) is 10.0. The summed E-state index contributed by atoms with van der Waals surface area (Å²) in [5.74, 6) is -0.906. The molecule has 0 unspecified atom stereocenters. The summed E-state index contributed by atoms with van der Waals surface area (Å²) < 4.78 is 4.94. The van der Waals surface area contributed by atoms with Gasteiger partial charge in [-0.2, -0.15) is 0 Å². The van der Waals surface area contributed by atoms with E-state index in [9.17, 15) is 14.4 Å². The Morgan fingerprint density at radius 2 is 1.48 bits per heavy atom. The lowest BCUT2D eigenvalue weighted by Crippen LogP contribution is -2.14. The molecule has 6 heteroatoms. The first-order chi connectivity index (χ1) is 12.0. The summed E-state index contributed by atoms with van der Waals surface area (Å²) in [7, 11) is 0. The fourth-order valence-electron chi connectivity index (χ4n) is 2.13. The minimum atomic E-state index is -0.442. The average Bonchev–Trinajstić information content (AvgIpc) is 2.62. The number of rotatable bonds is 6. The number of anilines is 2. The second kappa shape index (κ2) is 8.63. The fraction of sp³-hybridized carbons (Fsp3) is 0.211. The molecule has 130 valence electrons. The van der Waals surface area contributed by atoms with Crippen LogP contribution in [-0.4, -0.2) is 24.4 Å². The Morgan fingerprint density at radius 1 is 0.880 bits per heavy atom. The number of amides is 2. The van der Waals surface area contributed by atoms with E-state index in [1.807, 2.05) is 0 Å². The van der Waals surface area contributed by atoms with E-state index in [-0.39, 0.29) is 18.4 Å². The summed E-state index contributed by atoms with van der Waals surface area (Å²) in [6, 6.07) is 13.2. The first kappa shape index (κ1) is 18.2. The van der Waals surface area contributed by atoms with Gasteiger partial charge in [-0.15, -0.1) is 0 Å². The highest BCUT2D eigenvalue weighted by atomic mass is 16.5. The van der Waals surface area contributed by atoms with Gasteiger partial charge in [0.05, 0.1) is 12.2 Å². The van der Waals surface area contributed by atoms with Crippen molar-refractivity contribution in [1.82, 2.24) is 0 Å². The standard InChI is InChI=1S/C19H20N2O4/c1-3-17(22)20-15-9-5-7-13(11-15)18(23)21-16-10-6-8-14(12-16)19(24)25-4-2/h5-12H,3-4H2,1-2H3,(H,20,22)(H,21,23). The number of esters is 1. The quantitative estimate of drug-likeness (QED) is 0.789. The van der Waals surface area contributed by atoms with Crippen molar-refractivity contribution in [3.05, 3.63) is 59.7 Å². The van der Waals surface area contributed by atoms with E-state index in [1.54, 1.807) is 62.4 Å². The van der Waals surface area contributed by atoms with Gasteiger partial charge in [-0.05, 0) is 43.3 Å². The van der Waals surface area contributed by atoms with E-state index in [2.05, 4.69) is 10.6 Å². The lowest BCUT2D eigenvalue weighted by molar-refractivity contribution is -0.115. The van der Waals surface area contributed by atoms with E-state index in [4.69, 9.17) is 4.74 Å². The Labute approximate surface area is 146 Å². The first-order valence-corrected chi connectivity index (χ1v) is 8.02. The summed E-state index contributed by atoms with van der Waals surface area (Å²) in [5.41, 5.74) is 1.80. The summed E-state index contributed by atoms with van der Waals surface area (Å²) in [6.07, 6.45) is 0.358. The maximum absolute atomic E-state index is 12.4. The molecule has 0 radical (unpaired) electrons. The zero-order valence-corrected chi connectivity index (χ0v) is 14.2. The predicted octanol–water partition coefficient (Wildman–Crippen LogP) is 3.46. The van der Waals surface area contributed by atoms with Gasteiger partial charge in [0.1, 0.15) is 0 Å². The van der Waals surface area contributed by atoms with Crippen LogP contribution in [0.1, 0.15) is 41.0 Å². The van der Waals surface area contributed by atoms with Crippen LogP contribution in [0.15, 0.2) is 48.5 Å². The predicted molar refractivity (Wildman–Crippen MR) is 95.7 cm³/mol. The van der Waals surface area contributed by atoms with E-state index >= 15 is 0 Å². The Kier molecular flexibility index (Phi) is 6.28. The van der Waals surface area contributed by atoms with Crippen molar-refractivity contribution in [2.24, 2.45) is 0 Å². The van der Waals surface area contributed by atoms with Crippen LogP contribution >= 0.6 is 0 Å². The van der Waals surface area contributed by atoms with Crippen molar-refractivity contribution >= 4 is 29.2 Å². The van der Waals surface area contributed by atoms with Crippen LogP contribution in [0.3, 0.4) is 0 Å². The molecule has 0 aliphatic carbocycles. The highest BCUT2D eigenvalue weighted by molar-refractivity contribution is 6.05. The van der Waals surface area contributed by atoms with E-state index in [0.29, 0.717) is 28.9 Å². The molecule has 0 bridgehead atoms. The van der Waals surface area contributed by atoms with E-state index in [0.717, 1.165) is 0 Å². The van der Waals surface area contributed by atoms with Crippen molar-refractivity contribution in [1.29, 1.82) is 0 Å². The second-order valence-electron chi connectivity index (χ2n) is 5.24. The highest BCUT2D eigenvalue weighted by Gasteiger charge is 2.11. The van der Waals surface area contributed by atoms with Crippen LogP contribution in [0.4, 0.5) is 11.4 Å². The summed E-state index contributed by atoms with van der Waals surface area (Å²) in [4.78, 5) is 35.6. The summed E-state index contributed by atoms with van der Waals surface area (Å²) in [5, 5.41) is 5.44. The number of nitrogens with one attached hydrogen (secondary N) is 2. The summed E-state index contributed by atoms with van der Waals surface area (Å²) in [6.45, 7) is 3.77. The van der Waals surface area contributed by atoms with Gasteiger partial charge in [-0.1, -0.05) is 19.1 Å². The van der Waals surface area contributed by atoms with Gasteiger partial charge in [0.25, 0.3) is 5.91 Å². The van der Waals surface area contributed by atoms with Gasteiger partial charge >= 0.3 is 5.97 Å². The maximum Gasteiger partial charge on any atom is 0.338 e. The summed E-state index contributed by atoms with van der Waals surface area (Å²) >= 11 is 0. The molecule has 2 aromatic carbocycles. The molecular formula is C19H20N2O4. The molecule has 2 N–H and O–H groups in total. The number of hydrogen-bond donors (Lipinski definition) is 2. The molecule has 0 aromatic heterocycles. The molecule has 0 fully saturated rings. The van der Waals surface area contributed by atoms with Crippen molar-refractivity contribution in [3.8, 4) is 0 Å². The number of benzene rings is 2. The Balaban J connectivity index is 2.12. The lowest BCUT2D eigenvalue weighted by atomic mass is 10.1. The second-order valence-corrected chi connectivity index (χ2v) is 5.24. The fourth-order valence-corrected chi connectivity index (χ4v) is 2.13. The largest absolute Gasteiger partial charge is 0.462 e. The topological polar surface area (TPSA) is 84.5 Å². The molecule has 2 aromatic rings. The molecule has 0 spiro atoms. The number of carbonyl (C=O) groups excluding carboxylic acids is 3. The van der Waals surface area contributed by atoms with Crippen LogP contribution in [0, 0.1) is 0 Å². The lowest BCUT2D eigenvalue weighted by Gasteiger charge is -2.09. The number of hydrogen-bond acceptors (Lipinski definition) is 4. The van der Waals surface area contributed by atoms with Gasteiger partial charge in [0, 0.05) is 23.4 Å². The van der Waals surface area contributed by atoms with Gasteiger partial charge in [0.15, 0.2) is 0 Å². The van der Waals surface area contributed by atoms with Crippen molar-refractivity contribution in [2.75, 3.05) is 17.2 Å². The van der Waals surface area contributed by atoms with Gasteiger partial charge in [-0.3, -0.25) is 9.59 Å². The SMILES string of the molecule is CCOC(=O)c1cccc(NC(=O)c2cccc(NC(=O)CC)c2)c1. The molecule has 0 atom stereocenters. The molecular weight excluding hydrogens is 320 g/mol. The number of carbonyl (C=O) groups is 3. The molecule has 0 saturated carbocycles. The van der Waals surface area contributed by atoms with Gasteiger partial charge in [0.2, 0.25) is 5.91 Å². The van der Waals surface area contributed by atoms with Crippen molar-refractivity contribution in [2.45, 2.75) is 20.3 Å². The third-order valence-electron chi connectivity index (χ3n) is 3.36. The van der Waals surface area contributed by atoms with Crippen molar-refractivity contribution in [3.63, 3.8) is 0 Å². The van der Waals surface area contributed by atoms with Crippen LogP contribution in [0.5, 0.6) is 0 Å². The van der Waals surface area contributed by atoms with Crippen molar-refractivity contribution < 1.29 is 19.1 Å². The third-order valence-corrected chi connectivity index (χ3v) is 3.36. The monoisotopic (exact) mass is 340 g/mol. The molecule has 0 heterocycles.